The molecule has 0 aromatic rings. The monoisotopic (exact) mass is 496 g/mol. The number of hydrogen-bond acceptors (Lipinski definition) is 10. The highest BCUT2D eigenvalue weighted by Gasteiger charge is 2.29. The molecule has 0 aliphatic carbocycles. The molecule has 0 unspecified atom stereocenters. The van der Waals surface area contributed by atoms with E-state index >= 15 is 0 Å². The number of aliphatic hydroxyl groups is 2. The van der Waals surface area contributed by atoms with E-state index in [9.17, 15) is 19.8 Å². The Morgan fingerprint density at radius 1 is 0.529 bits per heavy atom. The SMILES string of the molecule is CCCNC(=O)[C@H](O)[C@@H](O)C(=O)NCCOCCOCCOCCOCCOCCOCCC. The third kappa shape index (κ3) is 20.0. The van der Waals surface area contributed by atoms with Crippen molar-refractivity contribution < 1.29 is 48.2 Å². The number of rotatable bonds is 25. The normalized spacial score (nSPS) is 12.9. The lowest BCUT2D eigenvalue weighted by molar-refractivity contribution is -0.146. The minimum atomic E-state index is -1.84. The molecule has 0 fully saturated rings. The van der Waals surface area contributed by atoms with Crippen LogP contribution in [-0.2, 0) is 38.0 Å². The van der Waals surface area contributed by atoms with Crippen LogP contribution in [0, 0.1) is 0 Å². The summed E-state index contributed by atoms with van der Waals surface area (Å²) in [7, 11) is 0. The molecule has 0 aromatic carbocycles. The number of amides is 2. The molecule has 0 aliphatic rings. The second kappa shape index (κ2) is 24.7. The average molecular weight is 497 g/mol. The maximum Gasteiger partial charge on any atom is 0.252 e. The summed E-state index contributed by atoms with van der Waals surface area (Å²) >= 11 is 0. The molecule has 0 saturated carbocycles. The third-order valence-electron chi connectivity index (χ3n) is 4.14. The molecule has 34 heavy (non-hydrogen) atoms. The van der Waals surface area contributed by atoms with Gasteiger partial charge in [-0.1, -0.05) is 13.8 Å². The van der Waals surface area contributed by atoms with Crippen LogP contribution in [0.15, 0.2) is 0 Å². The molecule has 4 N–H and O–H groups in total. The Kier molecular flexibility index (Phi) is 23.7. The lowest BCUT2D eigenvalue weighted by atomic mass is 10.1. The van der Waals surface area contributed by atoms with E-state index in [1.54, 1.807) is 0 Å². The zero-order chi connectivity index (χ0) is 25.3. The van der Waals surface area contributed by atoms with Gasteiger partial charge in [0.25, 0.3) is 11.8 Å². The first-order chi connectivity index (χ1) is 16.5. The highest BCUT2D eigenvalue weighted by Crippen LogP contribution is 1.95. The summed E-state index contributed by atoms with van der Waals surface area (Å²) in [5, 5.41) is 24.2. The number of ether oxygens (including phenoxy) is 6. The van der Waals surface area contributed by atoms with E-state index < -0.39 is 24.0 Å². The minimum Gasteiger partial charge on any atom is -0.380 e. The number of nitrogens with one attached hydrogen (secondary N) is 2. The molecule has 2 amide bonds. The van der Waals surface area contributed by atoms with Crippen LogP contribution in [0.5, 0.6) is 0 Å². The van der Waals surface area contributed by atoms with Crippen LogP contribution in [0.1, 0.15) is 26.7 Å². The highest BCUT2D eigenvalue weighted by molar-refractivity contribution is 5.90. The van der Waals surface area contributed by atoms with E-state index in [4.69, 9.17) is 28.4 Å². The van der Waals surface area contributed by atoms with Crippen molar-refractivity contribution in [2.24, 2.45) is 0 Å². The number of aliphatic hydroxyl groups excluding tert-OH is 2. The van der Waals surface area contributed by atoms with Gasteiger partial charge in [-0.3, -0.25) is 9.59 Å². The molecular formula is C22H44N2O10. The molecule has 0 radical (unpaired) electrons. The van der Waals surface area contributed by atoms with Gasteiger partial charge < -0.3 is 49.3 Å². The number of carbonyl (C=O) groups excluding carboxylic acids is 2. The molecule has 0 saturated heterocycles. The molecule has 202 valence electrons. The molecule has 12 heteroatoms. The average Bonchev–Trinajstić information content (AvgIpc) is 2.84. The van der Waals surface area contributed by atoms with Gasteiger partial charge in [-0.25, -0.2) is 0 Å². The zero-order valence-corrected chi connectivity index (χ0v) is 20.6. The molecule has 2 atom stereocenters. The van der Waals surface area contributed by atoms with Gasteiger partial charge in [0.15, 0.2) is 12.2 Å². The molecule has 0 bridgehead atoms. The van der Waals surface area contributed by atoms with E-state index in [-0.39, 0.29) is 13.2 Å². The smallest absolute Gasteiger partial charge is 0.252 e. The van der Waals surface area contributed by atoms with Crippen molar-refractivity contribution in [3.63, 3.8) is 0 Å². The Labute approximate surface area is 202 Å². The minimum absolute atomic E-state index is 0.125. The molecule has 12 nitrogen and oxygen atoms in total. The van der Waals surface area contributed by atoms with Crippen molar-refractivity contribution in [3.05, 3.63) is 0 Å². The maximum absolute atomic E-state index is 11.7. The Balaban J connectivity index is 3.36. The van der Waals surface area contributed by atoms with Crippen LogP contribution < -0.4 is 10.6 Å². The predicted molar refractivity (Wildman–Crippen MR) is 124 cm³/mol. The maximum atomic E-state index is 11.7. The van der Waals surface area contributed by atoms with Crippen LogP contribution in [0.3, 0.4) is 0 Å². The number of carbonyl (C=O) groups is 2. The Bertz CT molecular complexity index is 485. The predicted octanol–water partition coefficient (Wildman–Crippen LogP) is -1.14. The topological polar surface area (TPSA) is 154 Å². The van der Waals surface area contributed by atoms with Gasteiger partial charge in [-0.05, 0) is 12.8 Å². The molecule has 0 aromatic heterocycles. The summed E-state index contributed by atoms with van der Waals surface area (Å²) in [6, 6.07) is 0. The van der Waals surface area contributed by atoms with Crippen molar-refractivity contribution in [2.75, 3.05) is 92.4 Å². The van der Waals surface area contributed by atoms with Crippen LogP contribution >= 0.6 is 0 Å². The molecule has 0 heterocycles. The zero-order valence-electron chi connectivity index (χ0n) is 20.6. The fraction of sp³-hybridized carbons (Fsp3) is 0.909. The van der Waals surface area contributed by atoms with Crippen LogP contribution in [-0.4, -0.2) is 127 Å². The fourth-order valence-corrected chi connectivity index (χ4v) is 2.34. The van der Waals surface area contributed by atoms with Crippen molar-refractivity contribution >= 4 is 11.8 Å². The van der Waals surface area contributed by atoms with Crippen LogP contribution in [0.25, 0.3) is 0 Å². The highest BCUT2D eigenvalue weighted by atomic mass is 16.6. The summed E-state index contributed by atoms with van der Waals surface area (Å²) in [6.45, 7) is 10.1. The molecule has 0 rings (SSSR count). The van der Waals surface area contributed by atoms with E-state index in [1.165, 1.54) is 0 Å². The summed E-state index contributed by atoms with van der Waals surface area (Å²) in [4.78, 5) is 23.3. The molecule has 0 aliphatic heterocycles. The Morgan fingerprint density at radius 3 is 1.21 bits per heavy atom. The second-order valence-electron chi connectivity index (χ2n) is 7.15. The first kappa shape index (κ1) is 32.6. The summed E-state index contributed by atoms with van der Waals surface area (Å²) in [6.07, 6.45) is -1.97. The lowest BCUT2D eigenvalue weighted by Crippen LogP contribution is -2.50. The fourth-order valence-electron chi connectivity index (χ4n) is 2.34. The van der Waals surface area contributed by atoms with Gasteiger partial charge in [-0.2, -0.15) is 0 Å². The van der Waals surface area contributed by atoms with Gasteiger partial charge in [-0.15, -0.1) is 0 Å². The van der Waals surface area contributed by atoms with Gasteiger partial charge in [0.2, 0.25) is 0 Å². The van der Waals surface area contributed by atoms with Crippen molar-refractivity contribution in [3.8, 4) is 0 Å². The number of hydrogen-bond donors (Lipinski definition) is 4. The third-order valence-corrected chi connectivity index (χ3v) is 4.14. The van der Waals surface area contributed by atoms with Crippen LogP contribution in [0.4, 0.5) is 0 Å². The second-order valence-corrected chi connectivity index (χ2v) is 7.15. The van der Waals surface area contributed by atoms with Crippen molar-refractivity contribution in [1.29, 1.82) is 0 Å². The van der Waals surface area contributed by atoms with Gasteiger partial charge >= 0.3 is 0 Å². The summed E-state index contributed by atoms with van der Waals surface area (Å²) in [5.74, 6) is -1.63. The largest absolute Gasteiger partial charge is 0.380 e. The Hall–Kier alpha value is -1.38. The van der Waals surface area contributed by atoms with Gasteiger partial charge in [0, 0.05) is 19.7 Å². The molecule has 0 spiro atoms. The lowest BCUT2D eigenvalue weighted by Gasteiger charge is -2.17. The summed E-state index contributed by atoms with van der Waals surface area (Å²) < 4.78 is 32.1. The standard InChI is InChI=1S/C22H44N2O10/c1-3-5-23-21(27)19(25)20(26)22(28)24-6-8-30-10-12-32-14-16-34-18-17-33-15-13-31-11-9-29-7-4-2/h19-20,25-26H,3-18H2,1-2H3,(H,23,27)(H,24,28)/t19-,20-/m1/s1. The van der Waals surface area contributed by atoms with E-state index in [0.717, 1.165) is 13.0 Å². The Morgan fingerprint density at radius 2 is 0.853 bits per heavy atom. The quantitative estimate of drug-likeness (QED) is 0.114. The first-order valence-corrected chi connectivity index (χ1v) is 11.9. The van der Waals surface area contributed by atoms with E-state index in [0.29, 0.717) is 79.0 Å². The van der Waals surface area contributed by atoms with Crippen molar-refractivity contribution in [1.82, 2.24) is 10.6 Å². The molecular weight excluding hydrogens is 452 g/mol. The van der Waals surface area contributed by atoms with Crippen molar-refractivity contribution in [2.45, 2.75) is 38.9 Å². The van der Waals surface area contributed by atoms with Crippen LogP contribution in [0.2, 0.25) is 0 Å². The van der Waals surface area contributed by atoms with Gasteiger partial charge in [0.1, 0.15) is 0 Å². The van der Waals surface area contributed by atoms with E-state index in [1.807, 2.05) is 6.92 Å². The van der Waals surface area contributed by atoms with E-state index in [2.05, 4.69) is 17.6 Å². The first-order valence-electron chi connectivity index (χ1n) is 11.9. The van der Waals surface area contributed by atoms with Gasteiger partial charge in [0.05, 0.1) is 72.7 Å². The summed E-state index contributed by atoms with van der Waals surface area (Å²) in [5.41, 5.74) is 0.